The molecule has 0 saturated carbocycles. The van der Waals surface area contributed by atoms with Crippen molar-refractivity contribution in [1.82, 2.24) is 9.97 Å². The minimum Gasteiger partial charge on any atom is -0.399 e. The number of imidazole rings is 1. The minimum absolute atomic E-state index is 0.776. The van der Waals surface area contributed by atoms with E-state index < -0.39 is 0 Å². The molecule has 114 valence electrons. The number of aromatic amines is 1. The number of nitrogens with zero attached hydrogens (tertiary/aromatic N) is 1. The summed E-state index contributed by atoms with van der Waals surface area (Å²) in [4.78, 5) is 7.07. The number of fused-ring (bicyclic) bond motifs is 1. The molecule has 0 aliphatic heterocycles. The lowest BCUT2D eigenvalue weighted by Gasteiger charge is -2.02. The molecule has 3 aromatic carbocycles. The van der Waals surface area contributed by atoms with Gasteiger partial charge in [-0.05, 0) is 47.5 Å². The lowest BCUT2D eigenvalue weighted by molar-refractivity contribution is 1.34. The van der Waals surface area contributed by atoms with E-state index in [1.54, 1.807) is 6.33 Å². The first-order chi connectivity index (χ1) is 11.2. The number of rotatable bonds is 1. The third-order valence-electron chi connectivity index (χ3n) is 3.46. The van der Waals surface area contributed by atoms with Crippen LogP contribution in [-0.4, -0.2) is 9.97 Å². The maximum absolute atomic E-state index is 5.70. The molecule has 0 amide bonds. The van der Waals surface area contributed by atoms with Crippen molar-refractivity contribution in [3.05, 3.63) is 79.1 Å². The monoisotopic (exact) mass is 302 g/mol. The van der Waals surface area contributed by atoms with Crippen molar-refractivity contribution in [2.24, 2.45) is 0 Å². The van der Waals surface area contributed by atoms with Gasteiger partial charge in [0.1, 0.15) is 0 Å². The molecule has 4 heteroatoms. The second-order valence-corrected chi connectivity index (χ2v) is 5.17. The number of nitrogens with one attached hydrogen (secondary N) is 1. The zero-order valence-electron chi connectivity index (χ0n) is 12.6. The van der Waals surface area contributed by atoms with Crippen molar-refractivity contribution in [3.8, 4) is 11.1 Å². The minimum atomic E-state index is 0.776. The fourth-order valence-electron chi connectivity index (χ4n) is 2.27. The van der Waals surface area contributed by atoms with Gasteiger partial charge < -0.3 is 16.5 Å². The van der Waals surface area contributed by atoms with Gasteiger partial charge in [-0.2, -0.15) is 0 Å². The zero-order chi connectivity index (χ0) is 16.1. The van der Waals surface area contributed by atoms with Crippen LogP contribution in [0.4, 0.5) is 11.4 Å². The largest absolute Gasteiger partial charge is 0.399 e. The normalized spacial score (nSPS) is 10.1. The highest BCUT2D eigenvalue weighted by Crippen LogP contribution is 2.22. The zero-order valence-corrected chi connectivity index (χ0v) is 12.6. The Hall–Kier alpha value is -3.27. The summed E-state index contributed by atoms with van der Waals surface area (Å²) < 4.78 is 0. The molecule has 0 bridgehead atoms. The average Bonchev–Trinajstić information content (AvgIpc) is 3.05. The van der Waals surface area contributed by atoms with Crippen LogP contribution in [0.25, 0.3) is 22.2 Å². The molecule has 0 atom stereocenters. The van der Waals surface area contributed by atoms with E-state index in [-0.39, 0.29) is 0 Å². The van der Waals surface area contributed by atoms with Crippen molar-refractivity contribution < 1.29 is 0 Å². The Balaban J connectivity index is 0.000000149. The Morgan fingerprint density at radius 1 is 0.696 bits per heavy atom. The smallest absolute Gasteiger partial charge is 0.0931 e. The maximum Gasteiger partial charge on any atom is 0.0931 e. The van der Waals surface area contributed by atoms with Gasteiger partial charge >= 0.3 is 0 Å². The van der Waals surface area contributed by atoms with Gasteiger partial charge in [-0.25, -0.2) is 4.98 Å². The van der Waals surface area contributed by atoms with E-state index in [0.29, 0.717) is 0 Å². The molecule has 1 heterocycles. The molecule has 4 nitrogen and oxygen atoms in total. The average molecular weight is 302 g/mol. The van der Waals surface area contributed by atoms with Gasteiger partial charge in [0, 0.05) is 11.4 Å². The number of H-pyrrole nitrogens is 1. The summed E-state index contributed by atoms with van der Waals surface area (Å²) in [5.41, 5.74) is 17.2. The Morgan fingerprint density at radius 2 is 1.48 bits per heavy atom. The van der Waals surface area contributed by atoms with Crippen molar-refractivity contribution >= 4 is 22.4 Å². The Morgan fingerprint density at radius 3 is 2.22 bits per heavy atom. The van der Waals surface area contributed by atoms with Crippen molar-refractivity contribution in [2.75, 3.05) is 11.5 Å². The first kappa shape index (κ1) is 14.7. The summed E-state index contributed by atoms with van der Waals surface area (Å²) in [5.74, 6) is 0. The van der Waals surface area contributed by atoms with E-state index in [1.807, 2.05) is 72.8 Å². The van der Waals surface area contributed by atoms with Crippen LogP contribution in [0.3, 0.4) is 0 Å². The summed E-state index contributed by atoms with van der Waals surface area (Å²) in [6, 6.07) is 23.5. The molecule has 0 aliphatic rings. The van der Waals surface area contributed by atoms with Gasteiger partial charge in [0.25, 0.3) is 0 Å². The number of aromatic nitrogens is 2. The van der Waals surface area contributed by atoms with Crippen molar-refractivity contribution in [2.45, 2.75) is 0 Å². The van der Waals surface area contributed by atoms with Crippen LogP contribution in [-0.2, 0) is 0 Å². The molecular formula is C19H18N4. The molecule has 4 aromatic rings. The molecule has 4 rings (SSSR count). The van der Waals surface area contributed by atoms with Gasteiger partial charge in [-0.15, -0.1) is 0 Å². The Kier molecular flexibility index (Phi) is 4.25. The number of benzene rings is 3. The van der Waals surface area contributed by atoms with E-state index >= 15 is 0 Å². The fraction of sp³-hybridized carbons (Fsp3) is 0. The number of nitrogens with two attached hydrogens (primary N) is 2. The van der Waals surface area contributed by atoms with Crippen LogP contribution in [0.15, 0.2) is 79.1 Å². The molecule has 5 N–H and O–H groups in total. The van der Waals surface area contributed by atoms with E-state index in [9.17, 15) is 0 Å². The summed E-state index contributed by atoms with van der Waals surface area (Å²) in [7, 11) is 0. The molecule has 0 radical (unpaired) electrons. The lowest BCUT2D eigenvalue weighted by Crippen LogP contribution is -1.86. The number of nitrogen functional groups attached to an aromatic ring is 2. The SMILES string of the molecule is Nc1ccc(-c2cccc(N)c2)cc1.c1ccc2[nH]cnc2c1. The lowest BCUT2D eigenvalue weighted by atomic mass is 10.1. The van der Waals surface area contributed by atoms with Crippen LogP contribution >= 0.6 is 0 Å². The standard InChI is InChI=1S/C12H12N2.C7H6N2/c13-11-6-4-9(5-7-11)10-2-1-3-12(14)8-10;1-2-4-7-6(3-1)8-5-9-7/h1-8H,13-14H2;1-5H,(H,8,9). The first-order valence-corrected chi connectivity index (χ1v) is 7.32. The second-order valence-electron chi connectivity index (χ2n) is 5.17. The molecule has 0 unspecified atom stereocenters. The van der Waals surface area contributed by atoms with E-state index in [2.05, 4.69) is 9.97 Å². The van der Waals surface area contributed by atoms with E-state index in [4.69, 9.17) is 11.5 Å². The van der Waals surface area contributed by atoms with Crippen LogP contribution in [0.2, 0.25) is 0 Å². The number of anilines is 2. The van der Waals surface area contributed by atoms with Crippen LogP contribution in [0, 0.1) is 0 Å². The van der Waals surface area contributed by atoms with Crippen LogP contribution < -0.4 is 11.5 Å². The molecule has 0 fully saturated rings. The van der Waals surface area contributed by atoms with Crippen molar-refractivity contribution in [3.63, 3.8) is 0 Å². The summed E-state index contributed by atoms with van der Waals surface area (Å²) in [6.07, 6.45) is 1.70. The fourth-order valence-corrected chi connectivity index (χ4v) is 2.27. The predicted molar refractivity (Wildman–Crippen MR) is 96.8 cm³/mol. The highest BCUT2D eigenvalue weighted by atomic mass is 14.9. The maximum atomic E-state index is 5.70. The Bertz CT molecular complexity index is 864. The first-order valence-electron chi connectivity index (χ1n) is 7.32. The molecule has 23 heavy (non-hydrogen) atoms. The summed E-state index contributed by atoms with van der Waals surface area (Å²) in [5, 5.41) is 0. The van der Waals surface area contributed by atoms with E-state index in [0.717, 1.165) is 33.5 Å². The number of hydrogen-bond donors (Lipinski definition) is 3. The second kappa shape index (κ2) is 6.66. The molecular weight excluding hydrogens is 284 g/mol. The van der Waals surface area contributed by atoms with Gasteiger partial charge in [0.15, 0.2) is 0 Å². The summed E-state index contributed by atoms with van der Waals surface area (Å²) >= 11 is 0. The number of hydrogen-bond acceptors (Lipinski definition) is 3. The Labute approximate surface area is 134 Å². The highest BCUT2D eigenvalue weighted by Gasteiger charge is 1.96. The highest BCUT2D eigenvalue weighted by molar-refractivity contribution is 5.73. The van der Waals surface area contributed by atoms with Crippen LogP contribution in [0.5, 0.6) is 0 Å². The van der Waals surface area contributed by atoms with Gasteiger partial charge in [0.2, 0.25) is 0 Å². The molecule has 0 aliphatic carbocycles. The third-order valence-corrected chi connectivity index (χ3v) is 3.46. The third kappa shape index (κ3) is 3.68. The summed E-state index contributed by atoms with van der Waals surface area (Å²) in [6.45, 7) is 0. The molecule has 0 saturated heterocycles. The molecule has 0 spiro atoms. The van der Waals surface area contributed by atoms with Gasteiger partial charge in [-0.3, -0.25) is 0 Å². The van der Waals surface area contributed by atoms with Crippen LogP contribution in [0.1, 0.15) is 0 Å². The topological polar surface area (TPSA) is 80.7 Å². The quantitative estimate of drug-likeness (QED) is 0.463. The van der Waals surface area contributed by atoms with E-state index in [1.165, 1.54) is 0 Å². The molecule has 1 aromatic heterocycles. The number of para-hydroxylation sites is 2. The van der Waals surface area contributed by atoms with Gasteiger partial charge in [0.05, 0.1) is 17.4 Å². The van der Waals surface area contributed by atoms with Gasteiger partial charge in [-0.1, -0.05) is 36.4 Å². The predicted octanol–water partition coefficient (Wildman–Crippen LogP) is 4.08. The van der Waals surface area contributed by atoms with Crippen molar-refractivity contribution in [1.29, 1.82) is 0 Å².